The predicted molar refractivity (Wildman–Crippen MR) is 283 cm³/mol. The first kappa shape index (κ1) is 68.6. The van der Waals surface area contributed by atoms with Crippen LogP contribution < -0.4 is 0 Å². The van der Waals surface area contributed by atoms with E-state index in [1.807, 2.05) is 0 Å². The predicted octanol–water partition coefficient (Wildman–Crippen LogP) is 4.99. The van der Waals surface area contributed by atoms with Gasteiger partial charge in [0.1, 0.15) is 54.0 Å². The second-order valence-corrected chi connectivity index (χ2v) is 22.9. The fourth-order valence-corrected chi connectivity index (χ4v) is 10.8. The van der Waals surface area contributed by atoms with Gasteiger partial charge in [0.15, 0.2) is 18.9 Å². The summed E-state index contributed by atoms with van der Waals surface area (Å²) in [4.78, 5) is 39.7. The van der Waals surface area contributed by atoms with Gasteiger partial charge in [-0.1, -0.05) is 92.4 Å². The van der Waals surface area contributed by atoms with Crippen LogP contribution in [-0.2, 0) is 47.5 Å². The molecule has 0 aromatic carbocycles. The lowest BCUT2D eigenvalue weighted by molar-refractivity contribution is -0.282. The number of ketones is 3. The molecule has 3 fully saturated rings. The summed E-state index contributed by atoms with van der Waals surface area (Å²) in [6.07, 6.45) is 5.89. The van der Waals surface area contributed by atoms with Crippen molar-refractivity contribution in [2.45, 2.75) is 263 Å². The van der Waals surface area contributed by atoms with Crippen LogP contribution in [0.15, 0.2) is 0 Å². The SMILES string of the molecule is CC(C)CC(CCC(=O)CCCCCCCO[C@@H]1OC(CO)[C@H](O)[C@H](O)C1C)(CCC(=O)CCCCCCCO[C@@H]1OC(CO)[C@H](O)[C@H](O)C1C)COCCC(=O)CCCCCCCO[C@@H]1OC(CO)[C@H](O)[C@H](O)C1C. The monoisotopic (exact) mass is 1090 g/mol. The molecular weight excluding hydrogens is 989 g/mol. The highest BCUT2D eigenvalue weighted by molar-refractivity contribution is 5.79. The molecule has 3 aliphatic rings. The van der Waals surface area contributed by atoms with Gasteiger partial charge in [-0.3, -0.25) is 14.4 Å². The van der Waals surface area contributed by atoms with Crippen molar-refractivity contribution in [2.24, 2.45) is 29.1 Å². The van der Waals surface area contributed by atoms with E-state index >= 15 is 0 Å². The zero-order chi connectivity index (χ0) is 56.0. The number of hydrogen-bond acceptors (Lipinski definition) is 19. The average molecular weight is 1090 g/mol. The van der Waals surface area contributed by atoms with Gasteiger partial charge >= 0.3 is 0 Å². The number of unbranched alkanes of at least 4 members (excludes halogenated alkanes) is 12. The van der Waals surface area contributed by atoms with Crippen molar-refractivity contribution in [1.29, 1.82) is 0 Å². The van der Waals surface area contributed by atoms with Crippen LogP contribution in [-0.4, -0.2) is 190 Å². The highest BCUT2D eigenvalue weighted by Crippen LogP contribution is 2.38. The van der Waals surface area contributed by atoms with Crippen LogP contribution in [0.25, 0.3) is 0 Å². The van der Waals surface area contributed by atoms with Crippen LogP contribution in [0.1, 0.15) is 189 Å². The number of aliphatic hydroxyl groups excluding tert-OH is 9. The van der Waals surface area contributed by atoms with E-state index in [4.69, 9.17) is 33.2 Å². The van der Waals surface area contributed by atoms with E-state index in [2.05, 4.69) is 13.8 Å². The average Bonchev–Trinajstić information content (AvgIpc) is 3.40. The molecule has 0 aromatic heterocycles. The van der Waals surface area contributed by atoms with Gasteiger partial charge in [-0.2, -0.15) is 0 Å². The first-order valence-corrected chi connectivity index (χ1v) is 29.2. The molecule has 6 unspecified atom stereocenters. The highest BCUT2D eigenvalue weighted by Gasteiger charge is 2.44. The molecule has 0 radical (unpaired) electrons. The fourth-order valence-electron chi connectivity index (χ4n) is 10.8. The van der Waals surface area contributed by atoms with E-state index in [0.29, 0.717) is 83.7 Å². The number of hydrogen-bond donors (Lipinski definition) is 9. The van der Waals surface area contributed by atoms with E-state index in [-0.39, 0.29) is 24.0 Å². The third kappa shape index (κ3) is 24.6. The zero-order valence-electron chi connectivity index (χ0n) is 47.0. The summed E-state index contributed by atoms with van der Waals surface area (Å²) in [6, 6.07) is 0. The summed E-state index contributed by atoms with van der Waals surface area (Å²) in [6.45, 7) is 10.2. The molecule has 19 heteroatoms. The minimum Gasteiger partial charge on any atom is -0.394 e. The third-order valence-corrected chi connectivity index (χ3v) is 15.9. The van der Waals surface area contributed by atoms with Crippen LogP contribution in [0.2, 0.25) is 0 Å². The van der Waals surface area contributed by atoms with Crippen LogP contribution in [0.3, 0.4) is 0 Å². The minimum atomic E-state index is -1.16. The van der Waals surface area contributed by atoms with E-state index in [0.717, 1.165) is 103 Å². The van der Waals surface area contributed by atoms with Crippen LogP contribution in [0, 0.1) is 29.1 Å². The standard InChI is InChI=1S/C57H104O19/c1-38(2)33-57(27-24-42(61)21-15-9-6-12-18-29-71-54-39(3)48(64)51(67)45(34-58)74-54,28-25-43(62)22-16-10-7-13-19-30-72-55-40(4)49(65)52(68)46(35-59)75-55)37-70-32-26-44(63)23-17-11-8-14-20-31-73-56-41(5)50(66)53(69)47(36-60)76-56/h38-41,45-56,58-60,64-69H,6-37H2,1-5H3/t39?,40?,41?,45?,46?,47?,48-,49-,50-,51+,52+,53+,54-,55-,56-,57?/m1/s1. The zero-order valence-corrected chi connectivity index (χ0v) is 47.0. The van der Waals surface area contributed by atoms with Gasteiger partial charge in [0.25, 0.3) is 0 Å². The lowest BCUT2D eigenvalue weighted by atomic mass is 9.72. The van der Waals surface area contributed by atoms with Crippen molar-refractivity contribution in [3.63, 3.8) is 0 Å². The van der Waals surface area contributed by atoms with Gasteiger partial charge < -0.3 is 79.1 Å². The lowest BCUT2D eigenvalue weighted by Gasteiger charge is -2.40. The number of rotatable bonds is 43. The normalized spacial score (nSPS) is 30.9. The van der Waals surface area contributed by atoms with Gasteiger partial charge in [-0.05, 0) is 69.1 Å². The van der Waals surface area contributed by atoms with Crippen LogP contribution in [0.4, 0.5) is 0 Å². The molecule has 3 saturated heterocycles. The number of aliphatic hydroxyl groups is 9. The Morgan fingerprint density at radius 1 is 0.421 bits per heavy atom. The molecule has 3 aliphatic heterocycles. The molecule has 76 heavy (non-hydrogen) atoms. The Hall–Kier alpha value is -1.63. The second kappa shape index (κ2) is 38.1. The van der Waals surface area contributed by atoms with Crippen molar-refractivity contribution < 1.29 is 93.5 Å². The Morgan fingerprint density at radius 2 is 0.724 bits per heavy atom. The topological polar surface area (TPSA) is 298 Å². The molecule has 0 saturated carbocycles. The van der Waals surface area contributed by atoms with Gasteiger partial charge in [0, 0.05) is 76.1 Å². The second-order valence-electron chi connectivity index (χ2n) is 22.9. The molecule has 9 N–H and O–H groups in total. The third-order valence-electron chi connectivity index (χ3n) is 15.9. The van der Waals surface area contributed by atoms with E-state index < -0.39 is 117 Å². The maximum atomic E-state index is 13.4. The number of ether oxygens (including phenoxy) is 7. The van der Waals surface area contributed by atoms with Crippen molar-refractivity contribution in [2.75, 3.05) is 52.9 Å². The van der Waals surface area contributed by atoms with Crippen molar-refractivity contribution in [1.82, 2.24) is 0 Å². The Balaban J connectivity index is 1.40. The number of carbonyl (C=O) groups excluding carboxylic acids is 3. The van der Waals surface area contributed by atoms with Gasteiger partial charge in [0.05, 0.1) is 51.3 Å². The molecule has 0 spiro atoms. The minimum absolute atomic E-state index is 0.139. The van der Waals surface area contributed by atoms with Gasteiger partial charge in [-0.15, -0.1) is 0 Å². The fraction of sp³-hybridized carbons (Fsp3) is 0.947. The quantitative estimate of drug-likeness (QED) is 0.0363. The molecule has 19 nitrogen and oxygen atoms in total. The largest absolute Gasteiger partial charge is 0.394 e. The van der Waals surface area contributed by atoms with Crippen molar-refractivity contribution in [3.8, 4) is 0 Å². The molecule has 0 aromatic rings. The van der Waals surface area contributed by atoms with E-state index in [1.54, 1.807) is 20.8 Å². The molecule has 0 aliphatic carbocycles. The summed E-state index contributed by atoms with van der Waals surface area (Å²) >= 11 is 0. The number of carbonyl (C=O) groups is 3. The molecule has 3 rings (SSSR count). The van der Waals surface area contributed by atoms with Gasteiger partial charge in [0.2, 0.25) is 0 Å². The molecular formula is C57H104O19. The Morgan fingerprint density at radius 3 is 1.04 bits per heavy atom. The molecule has 0 bridgehead atoms. The molecule has 446 valence electrons. The number of Topliss-reactive ketones (excluding diaryl/α,β-unsaturated/α-hetero) is 3. The van der Waals surface area contributed by atoms with Gasteiger partial charge in [-0.25, -0.2) is 0 Å². The van der Waals surface area contributed by atoms with Crippen molar-refractivity contribution in [3.05, 3.63) is 0 Å². The maximum Gasteiger partial charge on any atom is 0.163 e. The maximum absolute atomic E-state index is 13.4. The van der Waals surface area contributed by atoms with Crippen LogP contribution >= 0.6 is 0 Å². The van der Waals surface area contributed by atoms with E-state index in [1.165, 1.54) is 0 Å². The highest BCUT2D eigenvalue weighted by atomic mass is 16.7. The summed E-state index contributed by atoms with van der Waals surface area (Å²) in [7, 11) is 0. The summed E-state index contributed by atoms with van der Waals surface area (Å²) in [5.74, 6) is -0.492. The first-order chi connectivity index (χ1) is 36.4. The molecule has 3 heterocycles. The lowest BCUT2D eigenvalue weighted by Crippen LogP contribution is -2.55. The van der Waals surface area contributed by atoms with Crippen molar-refractivity contribution >= 4 is 17.3 Å². The summed E-state index contributed by atoms with van der Waals surface area (Å²) in [5.41, 5.74) is -0.398. The molecule has 0 amide bonds. The Labute approximate surface area is 454 Å². The summed E-state index contributed by atoms with van der Waals surface area (Å²) in [5, 5.41) is 89.5. The van der Waals surface area contributed by atoms with Crippen LogP contribution in [0.5, 0.6) is 0 Å². The van der Waals surface area contributed by atoms with E-state index in [9.17, 15) is 60.3 Å². The molecule has 15 atom stereocenters. The Kier molecular flexibility index (Phi) is 34.5. The Bertz CT molecular complexity index is 1480. The smallest absolute Gasteiger partial charge is 0.163 e. The summed E-state index contributed by atoms with van der Waals surface area (Å²) < 4.78 is 40.7. The first-order valence-electron chi connectivity index (χ1n) is 29.2.